The lowest BCUT2D eigenvalue weighted by molar-refractivity contribution is 0.0980. The van der Waals surface area contributed by atoms with E-state index in [2.05, 4.69) is 10.3 Å². The minimum Gasteiger partial charge on any atom is -0.465 e. The van der Waals surface area contributed by atoms with Crippen molar-refractivity contribution < 1.29 is 23.4 Å². The molecule has 0 aliphatic rings. The Morgan fingerprint density at radius 2 is 1.54 bits per heavy atom. The van der Waals surface area contributed by atoms with Gasteiger partial charge in [0.15, 0.2) is 0 Å². The first-order chi connectivity index (χ1) is 16.7. The summed E-state index contributed by atoms with van der Waals surface area (Å²) in [5.41, 5.74) is 2.60. The summed E-state index contributed by atoms with van der Waals surface area (Å²) in [5.74, 6) is -0.00641. The fourth-order valence-corrected chi connectivity index (χ4v) is 5.46. The third kappa shape index (κ3) is 7.35. The second-order valence-corrected chi connectivity index (χ2v) is 10.7. The van der Waals surface area contributed by atoms with Crippen LogP contribution in [0.25, 0.3) is 11.1 Å². The summed E-state index contributed by atoms with van der Waals surface area (Å²) in [5, 5.41) is 22.6. The summed E-state index contributed by atoms with van der Waals surface area (Å²) < 4.78 is 28.3. The predicted molar refractivity (Wildman–Crippen MR) is 134 cm³/mol. The van der Waals surface area contributed by atoms with E-state index in [0.29, 0.717) is 0 Å². The highest BCUT2D eigenvalue weighted by molar-refractivity contribution is 7.89. The number of aliphatic hydroxyl groups is 1. The first-order valence-electron chi connectivity index (χ1n) is 11.4. The molecule has 35 heavy (non-hydrogen) atoms. The van der Waals surface area contributed by atoms with Crippen LogP contribution in [0.2, 0.25) is 0 Å². The Labute approximate surface area is 206 Å². The van der Waals surface area contributed by atoms with E-state index in [9.17, 15) is 23.4 Å². The summed E-state index contributed by atoms with van der Waals surface area (Å²) in [4.78, 5) is 15.5. The average Bonchev–Trinajstić information content (AvgIpc) is 2.84. The fourth-order valence-electron chi connectivity index (χ4n) is 3.84. The van der Waals surface area contributed by atoms with Crippen LogP contribution >= 0.6 is 0 Å². The number of amides is 1. The molecule has 0 bridgehead atoms. The third-order valence-electron chi connectivity index (χ3n) is 5.54. The van der Waals surface area contributed by atoms with E-state index in [-0.39, 0.29) is 30.3 Å². The number of carboxylic acid groups (broad SMARTS) is 1. The van der Waals surface area contributed by atoms with Gasteiger partial charge in [-0.3, -0.25) is 4.98 Å². The van der Waals surface area contributed by atoms with Crippen LogP contribution in [0.15, 0.2) is 84.0 Å². The lowest BCUT2D eigenvalue weighted by Crippen LogP contribution is -2.50. The Balaban J connectivity index is 1.84. The van der Waals surface area contributed by atoms with Crippen molar-refractivity contribution in [1.82, 2.24) is 14.6 Å². The van der Waals surface area contributed by atoms with Crippen LogP contribution < -0.4 is 5.32 Å². The van der Waals surface area contributed by atoms with Crippen LogP contribution in [0.3, 0.4) is 0 Å². The largest absolute Gasteiger partial charge is 0.465 e. The van der Waals surface area contributed by atoms with E-state index in [1.54, 1.807) is 36.7 Å². The van der Waals surface area contributed by atoms with Gasteiger partial charge in [-0.05, 0) is 53.3 Å². The predicted octanol–water partition coefficient (Wildman–Crippen LogP) is 3.64. The van der Waals surface area contributed by atoms with Crippen LogP contribution in [0.1, 0.15) is 19.4 Å². The van der Waals surface area contributed by atoms with Crippen LogP contribution in [0.5, 0.6) is 0 Å². The van der Waals surface area contributed by atoms with Crippen LogP contribution in [-0.2, 0) is 16.4 Å². The number of nitrogens with one attached hydrogen (secondary N) is 1. The number of carbonyl (C=O) groups is 1. The number of pyridine rings is 1. The molecule has 1 aromatic heterocycles. The van der Waals surface area contributed by atoms with Crippen molar-refractivity contribution in [3.63, 3.8) is 0 Å². The highest BCUT2D eigenvalue weighted by Crippen LogP contribution is 2.24. The van der Waals surface area contributed by atoms with Gasteiger partial charge in [-0.15, -0.1) is 0 Å². The zero-order valence-corrected chi connectivity index (χ0v) is 20.6. The number of rotatable bonds is 11. The van der Waals surface area contributed by atoms with Crippen molar-refractivity contribution in [1.29, 1.82) is 0 Å². The first-order valence-corrected chi connectivity index (χ1v) is 12.8. The lowest BCUT2D eigenvalue weighted by atomic mass is 10.0. The number of nitrogens with zero attached hydrogens (tertiary/aromatic N) is 2. The molecule has 1 heterocycles. The maximum absolute atomic E-state index is 13.5. The van der Waals surface area contributed by atoms with E-state index < -0.39 is 28.3 Å². The number of aromatic nitrogens is 1. The van der Waals surface area contributed by atoms with E-state index in [1.807, 2.05) is 56.3 Å². The lowest BCUT2D eigenvalue weighted by Gasteiger charge is -2.30. The standard InChI is InChI=1S/C26H31N3O5S/c1-19(2)17-29(18-25(30)24(28-26(31)32)16-20-6-4-3-5-7-20)35(33,34)23-10-8-21(9-11-23)22-12-14-27-15-13-22/h3-15,19,24-25,28,30H,16-18H2,1-2H3,(H,31,32)/t24-,25+/m0/s1. The second kappa shape index (κ2) is 11.9. The summed E-state index contributed by atoms with van der Waals surface area (Å²) in [7, 11) is -3.94. The summed E-state index contributed by atoms with van der Waals surface area (Å²) in [6, 6.07) is 18.5. The molecule has 3 aromatic rings. The normalized spacial score (nSPS) is 13.5. The molecular weight excluding hydrogens is 466 g/mol. The van der Waals surface area contributed by atoms with Gasteiger partial charge in [-0.25, -0.2) is 13.2 Å². The quantitative estimate of drug-likeness (QED) is 0.372. The van der Waals surface area contributed by atoms with Crippen molar-refractivity contribution >= 4 is 16.1 Å². The molecule has 0 unspecified atom stereocenters. The molecule has 2 atom stereocenters. The van der Waals surface area contributed by atoms with E-state index in [1.165, 1.54) is 4.31 Å². The highest BCUT2D eigenvalue weighted by Gasteiger charge is 2.31. The van der Waals surface area contributed by atoms with Gasteiger partial charge in [-0.1, -0.05) is 56.3 Å². The average molecular weight is 498 g/mol. The Kier molecular flexibility index (Phi) is 8.97. The number of aliphatic hydroxyl groups excluding tert-OH is 1. The van der Waals surface area contributed by atoms with Crippen molar-refractivity contribution in [2.75, 3.05) is 13.1 Å². The molecular formula is C26H31N3O5S. The van der Waals surface area contributed by atoms with Crippen molar-refractivity contribution in [2.45, 2.75) is 37.3 Å². The van der Waals surface area contributed by atoms with Crippen molar-refractivity contribution in [2.24, 2.45) is 5.92 Å². The Hall–Kier alpha value is -3.27. The minimum absolute atomic E-state index is 0.00641. The second-order valence-electron chi connectivity index (χ2n) is 8.79. The van der Waals surface area contributed by atoms with Crippen LogP contribution in [0.4, 0.5) is 4.79 Å². The third-order valence-corrected chi connectivity index (χ3v) is 7.38. The minimum atomic E-state index is -3.94. The van der Waals surface area contributed by atoms with Gasteiger partial charge in [-0.2, -0.15) is 4.31 Å². The molecule has 0 spiro atoms. The molecule has 0 aliphatic carbocycles. The number of hydrogen-bond donors (Lipinski definition) is 3. The van der Waals surface area contributed by atoms with Crippen molar-refractivity contribution in [3.05, 3.63) is 84.7 Å². The zero-order valence-electron chi connectivity index (χ0n) is 19.8. The van der Waals surface area contributed by atoms with E-state index in [0.717, 1.165) is 16.7 Å². The molecule has 2 aromatic carbocycles. The van der Waals surface area contributed by atoms with Gasteiger partial charge in [0.05, 0.1) is 17.0 Å². The van der Waals surface area contributed by atoms with Crippen LogP contribution in [0, 0.1) is 5.92 Å². The molecule has 3 N–H and O–H groups in total. The molecule has 0 saturated heterocycles. The molecule has 0 aliphatic heterocycles. The SMILES string of the molecule is CC(C)CN(C[C@@H](O)[C@H](Cc1ccccc1)NC(=O)O)S(=O)(=O)c1ccc(-c2ccncc2)cc1. The molecule has 3 rings (SSSR count). The smallest absolute Gasteiger partial charge is 0.404 e. The van der Waals surface area contributed by atoms with Gasteiger partial charge in [0.1, 0.15) is 0 Å². The van der Waals surface area contributed by atoms with Gasteiger partial charge < -0.3 is 15.5 Å². The Morgan fingerprint density at radius 1 is 0.943 bits per heavy atom. The maximum atomic E-state index is 13.5. The number of hydrogen-bond acceptors (Lipinski definition) is 5. The summed E-state index contributed by atoms with van der Waals surface area (Å²) in [6.45, 7) is 3.71. The maximum Gasteiger partial charge on any atom is 0.404 e. The monoisotopic (exact) mass is 497 g/mol. The van der Waals surface area contributed by atoms with E-state index >= 15 is 0 Å². The molecule has 186 valence electrons. The topological polar surface area (TPSA) is 120 Å². The molecule has 9 heteroatoms. The van der Waals surface area contributed by atoms with Gasteiger partial charge in [0.25, 0.3) is 0 Å². The zero-order chi connectivity index (χ0) is 25.4. The van der Waals surface area contributed by atoms with Gasteiger partial charge >= 0.3 is 6.09 Å². The number of sulfonamides is 1. The Morgan fingerprint density at radius 3 is 2.11 bits per heavy atom. The van der Waals surface area contributed by atoms with Gasteiger partial charge in [0.2, 0.25) is 10.0 Å². The van der Waals surface area contributed by atoms with Crippen LogP contribution in [-0.4, -0.2) is 59.2 Å². The summed E-state index contributed by atoms with van der Waals surface area (Å²) in [6.07, 6.45) is 1.03. The fraction of sp³-hybridized carbons (Fsp3) is 0.308. The number of benzene rings is 2. The molecule has 1 amide bonds. The summed E-state index contributed by atoms with van der Waals surface area (Å²) >= 11 is 0. The van der Waals surface area contributed by atoms with Crippen molar-refractivity contribution in [3.8, 4) is 11.1 Å². The Bertz CT molecular complexity index is 1190. The van der Waals surface area contributed by atoms with E-state index in [4.69, 9.17) is 0 Å². The molecule has 0 radical (unpaired) electrons. The molecule has 0 saturated carbocycles. The molecule has 8 nitrogen and oxygen atoms in total. The molecule has 0 fully saturated rings. The first kappa shape index (κ1) is 26.3. The highest BCUT2D eigenvalue weighted by atomic mass is 32.2. The van der Waals surface area contributed by atoms with Gasteiger partial charge in [0, 0.05) is 25.5 Å².